The highest BCUT2D eigenvalue weighted by atomic mass is 32.2. The predicted molar refractivity (Wildman–Crippen MR) is 76.8 cm³/mol. The smallest absolute Gasteiger partial charge is 0.263 e. The van der Waals surface area contributed by atoms with Crippen LogP contribution in [-0.4, -0.2) is 55.0 Å². The monoisotopic (exact) mass is 316 g/mol. The van der Waals surface area contributed by atoms with Crippen LogP contribution in [-0.2, 0) is 14.8 Å². The molecule has 2 aromatic rings. The SMILES string of the molecule is CNc1nc2sccn2c1S(=O)(=O)N1CCOC(C)C1. The van der Waals surface area contributed by atoms with Gasteiger partial charge in [-0.15, -0.1) is 11.3 Å². The quantitative estimate of drug-likeness (QED) is 0.908. The molecule has 1 unspecified atom stereocenters. The summed E-state index contributed by atoms with van der Waals surface area (Å²) >= 11 is 1.41. The fourth-order valence-electron chi connectivity index (χ4n) is 2.30. The van der Waals surface area contributed by atoms with Crippen molar-refractivity contribution in [1.82, 2.24) is 13.7 Å². The second-order valence-corrected chi connectivity index (χ2v) is 7.34. The van der Waals surface area contributed by atoms with Crippen LogP contribution < -0.4 is 5.32 Å². The zero-order chi connectivity index (χ0) is 14.3. The molecule has 1 saturated heterocycles. The van der Waals surface area contributed by atoms with Crippen molar-refractivity contribution in [3.63, 3.8) is 0 Å². The number of sulfonamides is 1. The summed E-state index contributed by atoms with van der Waals surface area (Å²) in [5.41, 5.74) is 0. The van der Waals surface area contributed by atoms with E-state index < -0.39 is 10.0 Å². The minimum atomic E-state index is -3.59. The number of fused-ring (bicyclic) bond motifs is 1. The summed E-state index contributed by atoms with van der Waals surface area (Å²) in [6.45, 7) is 3.02. The van der Waals surface area contributed by atoms with Gasteiger partial charge in [-0.1, -0.05) is 0 Å². The first-order valence-corrected chi connectivity index (χ1v) is 8.61. The van der Waals surface area contributed by atoms with Gasteiger partial charge in [-0.2, -0.15) is 4.31 Å². The summed E-state index contributed by atoms with van der Waals surface area (Å²) in [5.74, 6) is 0.385. The number of ether oxygens (including phenoxy) is 1. The normalized spacial score (nSPS) is 21.4. The number of rotatable bonds is 3. The van der Waals surface area contributed by atoms with E-state index in [9.17, 15) is 8.42 Å². The van der Waals surface area contributed by atoms with Crippen molar-refractivity contribution in [3.05, 3.63) is 11.6 Å². The standard InChI is InChI=1S/C11H16N4O3S2/c1-8-7-14(3-5-18-8)20(16,17)10-9(12-2)13-11-15(10)4-6-19-11/h4,6,8,12H,3,5,7H2,1-2H3. The third-order valence-electron chi connectivity index (χ3n) is 3.24. The van der Waals surface area contributed by atoms with Gasteiger partial charge in [0.15, 0.2) is 15.8 Å². The fourth-order valence-corrected chi connectivity index (χ4v) is 4.83. The summed E-state index contributed by atoms with van der Waals surface area (Å²) in [7, 11) is -1.92. The first-order chi connectivity index (χ1) is 9.54. The molecule has 0 spiro atoms. The zero-order valence-corrected chi connectivity index (χ0v) is 12.9. The van der Waals surface area contributed by atoms with Crippen molar-refractivity contribution in [2.24, 2.45) is 0 Å². The second-order valence-electron chi connectivity index (χ2n) is 4.62. The number of aromatic nitrogens is 2. The molecule has 0 amide bonds. The molecule has 1 atom stereocenters. The van der Waals surface area contributed by atoms with Gasteiger partial charge in [0.05, 0.1) is 12.7 Å². The lowest BCUT2D eigenvalue weighted by atomic mass is 10.3. The number of hydrogen-bond donors (Lipinski definition) is 1. The Morgan fingerprint density at radius 1 is 1.55 bits per heavy atom. The highest BCUT2D eigenvalue weighted by Gasteiger charge is 2.34. The van der Waals surface area contributed by atoms with Gasteiger partial charge in [-0.05, 0) is 6.92 Å². The molecule has 110 valence electrons. The molecule has 2 aromatic heterocycles. The van der Waals surface area contributed by atoms with Crippen LogP contribution >= 0.6 is 11.3 Å². The van der Waals surface area contributed by atoms with Gasteiger partial charge in [0.1, 0.15) is 0 Å². The third-order valence-corrected chi connectivity index (χ3v) is 5.89. The van der Waals surface area contributed by atoms with E-state index >= 15 is 0 Å². The van der Waals surface area contributed by atoms with Crippen molar-refractivity contribution in [2.45, 2.75) is 18.1 Å². The third kappa shape index (κ3) is 2.10. The second kappa shape index (κ2) is 4.99. The predicted octanol–water partition coefficient (Wildman–Crippen LogP) is 0.847. The molecular weight excluding hydrogens is 300 g/mol. The minimum absolute atomic E-state index is 0.0950. The Morgan fingerprint density at radius 2 is 2.35 bits per heavy atom. The van der Waals surface area contributed by atoms with Crippen LogP contribution in [0.15, 0.2) is 16.6 Å². The average Bonchev–Trinajstić information content (AvgIpc) is 2.97. The van der Waals surface area contributed by atoms with E-state index in [2.05, 4.69) is 10.3 Å². The van der Waals surface area contributed by atoms with Crippen LogP contribution in [0, 0.1) is 0 Å². The molecule has 1 aliphatic heterocycles. The Labute approximate surface area is 121 Å². The summed E-state index contributed by atoms with van der Waals surface area (Å²) in [5, 5.41) is 4.89. The van der Waals surface area contributed by atoms with Crippen LogP contribution in [0.1, 0.15) is 6.92 Å². The van der Waals surface area contributed by atoms with E-state index in [4.69, 9.17) is 4.74 Å². The first kappa shape index (κ1) is 13.8. The van der Waals surface area contributed by atoms with Crippen molar-refractivity contribution < 1.29 is 13.2 Å². The molecule has 0 bridgehead atoms. The maximum atomic E-state index is 12.9. The number of hydrogen-bond acceptors (Lipinski definition) is 6. The van der Waals surface area contributed by atoms with Crippen molar-refractivity contribution in [1.29, 1.82) is 0 Å². The lowest BCUT2D eigenvalue weighted by Crippen LogP contribution is -2.44. The zero-order valence-electron chi connectivity index (χ0n) is 11.2. The van der Waals surface area contributed by atoms with Crippen LogP contribution in [0.4, 0.5) is 5.82 Å². The van der Waals surface area contributed by atoms with Gasteiger partial charge in [0.25, 0.3) is 10.0 Å². The topological polar surface area (TPSA) is 75.9 Å². The molecule has 1 fully saturated rings. The maximum absolute atomic E-state index is 12.9. The van der Waals surface area contributed by atoms with Gasteiger partial charge in [-0.3, -0.25) is 4.40 Å². The van der Waals surface area contributed by atoms with E-state index in [-0.39, 0.29) is 11.1 Å². The van der Waals surface area contributed by atoms with E-state index in [0.29, 0.717) is 30.5 Å². The van der Waals surface area contributed by atoms with Crippen LogP contribution in [0.25, 0.3) is 4.96 Å². The number of morpholine rings is 1. The number of thiazole rings is 1. The number of anilines is 1. The molecule has 3 rings (SSSR count). The molecule has 7 nitrogen and oxygen atoms in total. The Kier molecular flexibility index (Phi) is 3.44. The Morgan fingerprint density at radius 3 is 3.05 bits per heavy atom. The fraction of sp³-hybridized carbons (Fsp3) is 0.545. The Balaban J connectivity index is 2.10. The maximum Gasteiger partial charge on any atom is 0.263 e. The molecule has 20 heavy (non-hydrogen) atoms. The largest absolute Gasteiger partial charge is 0.376 e. The molecule has 3 heterocycles. The van der Waals surface area contributed by atoms with Crippen LogP contribution in [0.3, 0.4) is 0 Å². The Bertz CT molecular complexity index is 721. The summed E-state index contributed by atoms with van der Waals surface area (Å²) in [4.78, 5) is 4.97. The molecule has 0 saturated carbocycles. The van der Waals surface area contributed by atoms with Crippen molar-refractivity contribution in [2.75, 3.05) is 32.1 Å². The summed E-state index contributed by atoms with van der Waals surface area (Å²) < 4.78 is 34.2. The van der Waals surface area contributed by atoms with Crippen LogP contribution in [0.5, 0.6) is 0 Å². The van der Waals surface area contributed by atoms with Gasteiger partial charge in [0, 0.05) is 31.7 Å². The number of nitrogens with one attached hydrogen (secondary N) is 1. The van der Waals surface area contributed by atoms with E-state index in [1.807, 2.05) is 12.3 Å². The highest BCUT2D eigenvalue weighted by Crippen LogP contribution is 2.28. The van der Waals surface area contributed by atoms with Gasteiger partial charge in [-0.25, -0.2) is 13.4 Å². The summed E-state index contributed by atoms with van der Waals surface area (Å²) in [6.07, 6.45) is 1.63. The average molecular weight is 316 g/mol. The molecule has 0 radical (unpaired) electrons. The number of imidazole rings is 1. The molecule has 1 N–H and O–H groups in total. The molecule has 0 aliphatic carbocycles. The minimum Gasteiger partial charge on any atom is -0.376 e. The first-order valence-electron chi connectivity index (χ1n) is 6.29. The van der Waals surface area contributed by atoms with Gasteiger partial charge < -0.3 is 10.1 Å². The molecule has 9 heteroatoms. The van der Waals surface area contributed by atoms with Crippen LogP contribution in [0.2, 0.25) is 0 Å². The van der Waals surface area contributed by atoms with E-state index in [0.717, 1.165) is 0 Å². The van der Waals surface area contributed by atoms with Gasteiger partial charge in [0.2, 0.25) is 0 Å². The lowest BCUT2D eigenvalue weighted by Gasteiger charge is -2.30. The van der Waals surface area contributed by atoms with Gasteiger partial charge >= 0.3 is 0 Å². The van der Waals surface area contributed by atoms with E-state index in [1.54, 1.807) is 17.6 Å². The van der Waals surface area contributed by atoms with Crippen molar-refractivity contribution >= 4 is 32.1 Å². The highest BCUT2D eigenvalue weighted by molar-refractivity contribution is 7.89. The Hall–Kier alpha value is -1.16. The number of nitrogens with zero attached hydrogens (tertiary/aromatic N) is 3. The molecule has 1 aliphatic rings. The molecular formula is C11H16N4O3S2. The molecule has 0 aromatic carbocycles. The lowest BCUT2D eigenvalue weighted by molar-refractivity contribution is 0.0101. The van der Waals surface area contributed by atoms with Crippen molar-refractivity contribution in [3.8, 4) is 0 Å². The summed E-state index contributed by atoms with van der Waals surface area (Å²) in [6, 6.07) is 0. The van der Waals surface area contributed by atoms with E-state index in [1.165, 1.54) is 15.6 Å².